The number of rotatable bonds is 6. The number of benzene rings is 2. The van der Waals surface area contributed by atoms with Crippen LogP contribution in [0.25, 0.3) is 0 Å². The summed E-state index contributed by atoms with van der Waals surface area (Å²) < 4.78 is 28.3. The Bertz CT molecular complexity index is 830. The quantitative estimate of drug-likeness (QED) is 0.830. The molecule has 1 atom stereocenters. The number of carbonyl (C=O) groups is 1. The SMILES string of the molecule is O=C([C@@H](Cc1ccccc1)NS(=O)(=O)c1ccccc1)N1CCCCCC1. The first-order valence-corrected chi connectivity index (χ1v) is 10.9. The van der Waals surface area contributed by atoms with E-state index >= 15 is 0 Å². The second-order valence-corrected chi connectivity index (χ2v) is 8.63. The molecule has 144 valence electrons. The predicted octanol–water partition coefficient (Wildman–Crippen LogP) is 2.98. The third kappa shape index (κ3) is 5.40. The first-order valence-electron chi connectivity index (χ1n) is 9.46. The van der Waals surface area contributed by atoms with Crippen LogP contribution in [0.1, 0.15) is 31.2 Å². The first kappa shape index (κ1) is 19.6. The number of amides is 1. The zero-order chi connectivity index (χ0) is 19.1. The predicted molar refractivity (Wildman–Crippen MR) is 106 cm³/mol. The van der Waals surface area contributed by atoms with E-state index in [1.807, 2.05) is 35.2 Å². The van der Waals surface area contributed by atoms with Crippen LogP contribution in [0.5, 0.6) is 0 Å². The maximum Gasteiger partial charge on any atom is 0.241 e. The van der Waals surface area contributed by atoms with E-state index in [1.165, 1.54) is 0 Å². The van der Waals surface area contributed by atoms with E-state index in [4.69, 9.17) is 0 Å². The summed E-state index contributed by atoms with van der Waals surface area (Å²) >= 11 is 0. The van der Waals surface area contributed by atoms with E-state index in [-0.39, 0.29) is 10.8 Å². The Morgan fingerprint density at radius 3 is 2.04 bits per heavy atom. The van der Waals surface area contributed by atoms with Gasteiger partial charge in [0.2, 0.25) is 15.9 Å². The Hall–Kier alpha value is -2.18. The van der Waals surface area contributed by atoms with Gasteiger partial charge in [-0.2, -0.15) is 4.72 Å². The molecule has 27 heavy (non-hydrogen) atoms. The van der Waals surface area contributed by atoms with Crippen LogP contribution in [0.4, 0.5) is 0 Å². The lowest BCUT2D eigenvalue weighted by molar-refractivity contribution is -0.132. The standard InChI is InChI=1S/C21H26N2O3S/c24-21(23-15-9-1-2-10-16-23)20(17-18-11-5-3-6-12-18)22-27(25,26)19-13-7-4-8-14-19/h3-8,11-14,20,22H,1-2,9-10,15-17H2/t20-/m1/s1. The minimum absolute atomic E-state index is 0.139. The van der Waals surface area contributed by atoms with Gasteiger partial charge in [-0.15, -0.1) is 0 Å². The maximum absolute atomic E-state index is 13.2. The number of likely N-dealkylation sites (tertiary alicyclic amines) is 1. The molecular formula is C21H26N2O3S. The maximum atomic E-state index is 13.2. The fraction of sp³-hybridized carbons (Fsp3) is 0.381. The summed E-state index contributed by atoms with van der Waals surface area (Å²) in [7, 11) is -3.77. The van der Waals surface area contributed by atoms with E-state index in [2.05, 4.69) is 4.72 Å². The summed E-state index contributed by atoms with van der Waals surface area (Å²) in [5, 5.41) is 0. The van der Waals surface area contributed by atoms with Gasteiger partial charge < -0.3 is 4.90 Å². The molecule has 6 heteroatoms. The van der Waals surface area contributed by atoms with Crippen LogP contribution in [0, 0.1) is 0 Å². The summed E-state index contributed by atoms with van der Waals surface area (Å²) in [4.78, 5) is 15.1. The monoisotopic (exact) mass is 386 g/mol. The molecule has 0 spiro atoms. The molecule has 1 amide bonds. The van der Waals surface area contributed by atoms with Gasteiger partial charge in [0.1, 0.15) is 6.04 Å². The lowest BCUT2D eigenvalue weighted by Gasteiger charge is -2.27. The van der Waals surface area contributed by atoms with Crippen molar-refractivity contribution in [1.82, 2.24) is 9.62 Å². The lowest BCUT2D eigenvalue weighted by atomic mass is 10.1. The average molecular weight is 387 g/mol. The van der Waals surface area contributed by atoms with E-state index in [9.17, 15) is 13.2 Å². The third-order valence-corrected chi connectivity index (χ3v) is 6.34. The molecule has 0 radical (unpaired) electrons. The normalized spacial score (nSPS) is 16.5. The van der Waals surface area contributed by atoms with Crippen molar-refractivity contribution >= 4 is 15.9 Å². The number of hydrogen-bond donors (Lipinski definition) is 1. The number of nitrogens with one attached hydrogen (secondary N) is 1. The molecule has 1 fully saturated rings. The molecule has 1 aliphatic rings. The van der Waals surface area contributed by atoms with Crippen molar-refractivity contribution in [3.05, 3.63) is 66.2 Å². The lowest BCUT2D eigenvalue weighted by Crippen LogP contribution is -2.49. The topological polar surface area (TPSA) is 66.5 Å². The summed E-state index contributed by atoms with van der Waals surface area (Å²) in [6.07, 6.45) is 4.50. The van der Waals surface area contributed by atoms with Crippen molar-refractivity contribution in [2.24, 2.45) is 0 Å². The number of carbonyl (C=O) groups excluding carboxylic acids is 1. The molecule has 1 N–H and O–H groups in total. The Labute approximate surface area is 161 Å². The van der Waals surface area contributed by atoms with Crippen molar-refractivity contribution in [3.63, 3.8) is 0 Å². The van der Waals surface area contributed by atoms with Gasteiger partial charge in [0.25, 0.3) is 0 Å². The Morgan fingerprint density at radius 1 is 0.889 bits per heavy atom. The number of nitrogens with zero attached hydrogens (tertiary/aromatic N) is 1. The highest BCUT2D eigenvalue weighted by molar-refractivity contribution is 7.89. The molecule has 0 bridgehead atoms. The van der Waals surface area contributed by atoms with Gasteiger partial charge in [-0.25, -0.2) is 8.42 Å². The molecule has 1 saturated heterocycles. The van der Waals surface area contributed by atoms with Crippen molar-refractivity contribution in [3.8, 4) is 0 Å². The van der Waals surface area contributed by atoms with Crippen molar-refractivity contribution in [2.75, 3.05) is 13.1 Å². The van der Waals surface area contributed by atoms with Gasteiger partial charge in [-0.3, -0.25) is 4.79 Å². The largest absolute Gasteiger partial charge is 0.341 e. The Morgan fingerprint density at radius 2 is 1.44 bits per heavy atom. The van der Waals surface area contributed by atoms with Gasteiger partial charge in [-0.05, 0) is 37.0 Å². The van der Waals surface area contributed by atoms with Crippen LogP contribution in [-0.4, -0.2) is 38.4 Å². The van der Waals surface area contributed by atoms with Crippen LogP contribution in [0.2, 0.25) is 0 Å². The smallest absolute Gasteiger partial charge is 0.241 e. The van der Waals surface area contributed by atoms with Crippen LogP contribution in [0.15, 0.2) is 65.6 Å². The molecule has 0 aliphatic carbocycles. The van der Waals surface area contributed by atoms with Gasteiger partial charge in [0, 0.05) is 13.1 Å². The molecule has 2 aromatic carbocycles. The zero-order valence-corrected chi connectivity index (χ0v) is 16.2. The first-order chi connectivity index (χ1) is 13.1. The fourth-order valence-corrected chi connectivity index (χ4v) is 4.61. The van der Waals surface area contributed by atoms with E-state index in [1.54, 1.807) is 30.3 Å². The molecule has 1 aliphatic heterocycles. The van der Waals surface area contributed by atoms with Crippen molar-refractivity contribution in [2.45, 2.75) is 43.0 Å². The van der Waals surface area contributed by atoms with Gasteiger partial charge in [0.05, 0.1) is 4.90 Å². The summed E-state index contributed by atoms with van der Waals surface area (Å²) in [5.74, 6) is -0.139. The van der Waals surface area contributed by atoms with Crippen molar-refractivity contribution < 1.29 is 13.2 Å². The second-order valence-electron chi connectivity index (χ2n) is 6.92. The molecule has 1 heterocycles. The molecule has 5 nitrogen and oxygen atoms in total. The molecule has 0 aromatic heterocycles. The van der Waals surface area contributed by atoms with E-state index in [0.29, 0.717) is 19.5 Å². The summed E-state index contributed by atoms with van der Waals surface area (Å²) in [6, 6.07) is 16.9. The Kier molecular flexibility index (Phi) is 6.63. The third-order valence-electron chi connectivity index (χ3n) is 4.85. The Balaban J connectivity index is 1.83. The molecule has 2 aromatic rings. The number of hydrogen-bond acceptors (Lipinski definition) is 3. The summed E-state index contributed by atoms with van der Waals surface area (Å²) in [6.45, 7) is 1.38. The van der Waals surface area contributed by atoms with Crippen LogP contribution in [0.3, 0.4) is 0 Å². The zero-order valence-electron chi connectivity index (χ0n) is 15.4. The van der Waals surface area contributed by atoms with Crippen molar-refractivity contribution in [1.29, 1.82) is 0 Å². The highest BCUT2D eigenvalue weighted by Gasteiger charge is 2.29. The molecule has 0 unspecified atom stereocenters. The molecule has 0 saturated carbocycles. The minimum Gasteiger partial charge on any atom is -0.341 e. The van der Waals surface area contributed by atoms with Gasteiger partial charge in [-0.1, -0.05) is 61.4 Å². The van der Waals surface area contributed by atoms with Crippen LogP contribution >= 0.6 is 0 Å². The highest BCUT2D eigenvalue weighted by Crippen LogP contribution is 2.15. The van der Waals surface area contributed by atoms with Crippen LogP contribution < -0.4 is 4.72 Å². The average Bonchev–Trinajstić information content (AvgIpc) is 2.98. The summed E-state index contributed by atoms with van der Waals surface area (Å²) in [5.41, 5.74) is 0.932. The van der Waals surface area contributed by atoms with Gasteiger partial charge >= 0.3 is 0 Å². The van der Waals surface area contributed by atoms with Gasteiger partial charge in [0.15, 0.2) is 0 Å². The minimum atomic E-state index is -3.77. The molecular weight excluding hydrogens is 360 g/mol. The van der Waals surface area contributed by atoms with E-state index < -0.39 is 16.1 Å². The van der Waals surface area contributed by atoms with E-state index in [0.717, 1.165) is 31.2 Å². The highest BCUT2D eigenvalue weighted by atomic mass is 32.2. The fourth-order valence-electron chi connectivity index (χ4n) is 3.40. The van der Waals surface area contributed by atoms with Crippen LogP contribution in [-0.2, 0) is 21.2 Å². The second kappa shape index (κ2) is 9.15. The number of sulfonamides is 1. The molecule has 3 rings (SSSR count).